The molecule has 0 amide bonds. The predicted molar refractivity (Wildman–Crippen MR) is 80.0 cm³/mol. The van der Waals surface area contributed by atoms with Crippen LogP contribution < -0.4 is 10.0 Å². The van der Waals surface area contributed by atoms with Gasteiger partial charge in [-0.2, -0.15) is 0 Å². The zero-order valence-corrected chi connectivity index (χ0v) is 12.8. The van der Waals surface area contributed by atoms with Gasteiger partial charge in [0, 0.05) is 18.4 Å². The Kier molecular flexibility index (Phi) is 5.00. The van der Waals surface area contributed by atoms with E-state index in [-0.39, 0.29) is 11.6 Å². The van der Waals surface area contributed by atoms with E-state index in [1.165, 1.54) is 6.07 Å². The van der Waals surface area contributed by atoms with Crippen LogP contribution in [-0.2, 0) is 23.1 Å². The Balaban J connectivity index is 2.07. The molecule has 0 aliphatic carbocycles. The summed E-state index contributed by atoms with van der Waals surface area (Å²) in [4.78, 5) is 8.24. The van der Waals surface area contributed by atoms with Gasteiger partial charge in [-0.05, 0) is 37.7 Å². The minimum atomic E-state index is -3.62. The molecule has 0 aliphatic rings. The van der Waals surface area contributed by atoms with E-state index in [0.717, 1.165) is 11.3 Å². The SMILES string of the molecule is CNCc1ccc(S(=O)(=O)NCc2cccc(C)n2)nc1. The molecule has 6 nitrogen and oxygen atoms in total. The Morgan fingerprint density at radius 3 is 2.57 bits per heavy atom. The lowest BCUT2D eigenvalue weighted by atomic mass is 10.3. The molecule has 2 heterocycles. The Morgan fingerprint density at radius 2 is 1.95 bits per heavy atom. The summed E-state index contributed by atoms with van der Waals surface area (Å²) in [5, 5.41) is 2.99. The number of sulfonamides is 1. The summed E-state index contributed by atoms with van der Waals surface area (Å²) in [6.07, 6.45) is 1.55. The largest absolute Gasteiger partial charge is 0.316 e. The summed E-state index contributed by atoms with van der Waals surface area (Å²) in [5.41, 5.74) is 2.45. The maximum atomic E-state index is 12.1. The van der Waals surface area contributed by atoms with Gasteiger partial charge in [-0.1, -0.05) is 12.1 Å². The van der Waals surface area contributed by atoms with E-state index in [1.54, 1.807) is 18.3 Å². The van der Waals surface area contributed by atoms with E-state index in [0.29, 0.717) is 12.2 Å². The molecular weight excluding hydrogens is 288 g/mol. The monoisotopic (exact) mass is 306 g/mol. The molecule has 2 aromatic rings. The van der Waals surface area contributed by atoms with Crippen LogP contribution in [0.2, 0.25) is 0 Å². The first-order valence-corrected chi connectivity index (χ1v) is 8.01. The normalized spacial score (nSPS) is 11.5. The van der Waals surface area contributed by atoms with Crippen LogP contribution in [0, 0.1) is 6.92 Å². The van der Waals surface area contributed by atoms with Crippen LogP contribution in [-0.4, -0.2) is 25.4 Å². The summed E-state index contributed by atoms with van der Waals surface area (Å²) >= 11 is 0. The third-order valence-electron chi connectivity index (χ3n) is 2.84. The molecule has 0 fully saturated rings. The zero-order valence-electron chi connectivity index (χ0n) is 12.0. The van der Waals surface area contributed by atoms with E-state index in [2.05, 4.69) is 20.0 Å². The van der Waals surface area contributed by atoms with Crippen molar-refractivity contribution in [2.75, 3.05) is 7.05 Å². The minimum Gasteiger partial charge on any atom is -0.316 e. The number of nitrogens with one attached hydrogen (secondary N) is 2. The van der Waals surface area contributed by atoms with Gasteiger partial charge in [0.05, 0.1) is 12.2 Å². The fourth-order valence-electron chi connectivity index (χ4n) is 1.82. The van der Waals surface area contributed by atoms with Crippen LogP contribution in [0.1, 0.15) is 17.0 Å². The van der Waals surface area contributed by atoms with Gasteiger partial charge in [0.15, 0.2) is 5.03 Å². The van der Waals surface area contributed by atoms with E-state index >= 15 is 0 Å². The Hall–Kier alpha value is -1.83. The van der Waals surface area contributed by atoms with Crippen molar-refractivity contribution in [2.45, 2.75) is 25.0 Å². The smallest absolute Gasteiger partial charge is 0.258 e. The first kappa shape index (κ1) is 15.6. The van der Waals surface area contributed by atoms with E-state index in [1.807, 2.05) is 26.1 Å². The van der Waals surface area contributed by atoms with Gasteiger partial charge in [-0.25, -0.2) is 18.1 Å². The van der Waals surface area contributed by atoms with Crippen molar-refractivity contribution in [2.24, 2.45) is 0 Å². The van der Waals surface area contributed by atoms with Crippen LogP contribution in [0.15, 0.2) is 41.6 Å². The van der Waals surface area contributed by atoms with Gasteiger partial charge in [0.2, 0.25) is 0 Å². The Labute approximate surface area is 124 Å². The average Bonchev–Trinajstić information content (AvgIpc) is 2.46. The molecule has 0 saturated carbocycles. The summed E-state index contributed by atoms with van der Waals surface area (Å²) in [7, 11) is -1.80. The number of hydrogen-bond donors (Lipinski definition) is 2. The van der Waals surface area contributed by atoms with Crippen molar-refractivity contribution >= 4 is 10.0 Å². The van der Waals surface area contributed by atoms with Gasteiger partial charge in [-0.15, -0.1) is 0 Å². The van der Waals surface area contributed by atoms with Gasteiger partial charge in [0.1, 0.15) is 0 Å². The maximum absolute atomic E-state index is 12.1. The van der Waals surface area contributed by atoms with Crippen molar-refractivity contribution in [3.05, 3.63) is 53.5 Å². The predicted octanol–water partition coefficient (Wildman–Crippen LogP) is 0.983. The van der Waals surface area contributed by atoms with Crippen LogP contribution in [0.3, 0.4) is 0 Å². The van der Waals surface area contributed by atoms with Crippen LogP contribution in [0.5, 0.6) is 0 Å². The highest BCUT2D eigenvalue weighted by atomic mass is 32.2. The number of hydrogen-bond acceptors (Lipinski definition) is 5. The Bertz CT molecular complexity index is 699. The number of rotatable bonds is 6. The molecule has 2 N–H and O–H groups in total. The first-order valence-electron chi connectivity index (χ1n) is 6.53. The number of aryl methyl sites for hydroxylation is 1. The van der Waals surface area contributed by atoms with Gasteiger partial charge in [-0.3, -0.25) is 4.98 Å². The standard InChI is InChI=1S/C14H18N4O2S/c1-11-4-3-5-13(18-11)10-17-21(19,20)14-7-6-12(8-15-2)9-16-14/h3-7,9,15,17H,8,10H2,1-2H3. The summed E-state index contributed by atoms with van der Waals surface area (Å²) < 4.78 is 26.8. The van der Waals surface area contributed by atoms with E-state index in [9.17, 15) is 8.42 Å². The van der Waals surface area contributed by atoms with Gasteiger partial charge in [0.25, 0.3) is 10.0 Å². The second-order valence-corrected chi connectivity index (χ2v) is 6.34. The molecule has 112 valence electrons. The molecule has 7 heteroatoms. The lowest BCUT2D eigenvalue weighted by Crippen LogP contribution is -2.24. The molecule has 0 saturated heterocycles. The quantitative estimate of drug-likeness (QED) is 0.831. The average molecular weight is 306 g/mol. The van der Waals surface area contributed by atoms with E-state index in [4.69, 9.17) is 0 Å². The lowest BCUT2D eigenvalue weighted by Gasteiger charge is -2.07. The number of aromatic nitrogens is 2. The van der Waals surface area contributed by atoms with Crippen molar-refractivity contribution in [3.63, 3.8) is 0 Å². The summed E-state index contributed by atoms with van der Waals surface area (Å²) in [5.74, 6) is 0. The number of pyridine rings is 2. The second-order valence-electron chi connectivity index (χ2n) is 4.63. The molecule has 21 heavy (non-hydrogen) atoms. The molecule has 2 rings (SSSR count). The third kappa shape index (κ3) is 4.32. The fourth-order valence-corrected chi connectivity index (χ4v) is 2.74. The maximum Gasteiger partial charge on any atom is 0.258 e. The van der Waals surface area contributed by atoms with Crippen molar-refractivity contribution in [1.82, 2.24) is 20.0 Å². The molecule has 0 atom stereocenters. The summed E-state index contributed by atoms with van der Waals surface area (Å²) in [6, 6.07) is 8.72. The zero-order chi connectivity index (χ0) is 15.3. The minimum absolute atomic E-state index is 0.00926. The number of nitrogens with zero attached hydrogens (tertiary/aromatic N) is 2. The molecule has 0 aromatic carbocycles. The molecule has 0 radical (unpaired) electrons. The van der Waals surface area contributed by atoms with Crippen molar-refractivity contribution in [1.29, 1.82) is 0 Å². The van der Waals surface area contributed by atoms with Crippen molar-refractivity contribution in [3.8, 4) is 0 Å². The highest BCUT2D eigenvalue weighted by Gasteiger charge is 2.15. The van der Waals surface area contributed by atoms with Gasteiger partial charge >= 0.3 is 0 Å². The first-order chi connectivity index (χ1) is 10.0. The van der Waals surface area contributed by atoms with Gasteiger partial charge < -0.3 is 5.32 Å². The fraction of sp³-hybridized carbons (Fsp3) is 0.286. The van der Waals surface area contributed by atoms with Crippen LogP contribution in [0.25, 0.3) is 0 Å². The van der Waals surface area contributed by atoms with Crippen molar-refractivity contribution < 1.29 is 8.42 Å². The Morgan fingerprint density at radius 1 is 1.14 bits per heavy atom. The lowest BCUT2D eigenvalue weighted by molar-refractivity contribution is 0.576. The molecule has 0 spiro atoms. The molecule has 0 aliphatic heterocycles. The molecule has 2 aromatic heterocycles. The van der Waals surface area contributed by atoms with Crippen LogP contribution >= 0.6 is 0 Å². The van der Waals surface area contributed by atoms with Crippen LogP contribution in [0.4, 0.5) is 0 Å². The highest BCUT2D eigenvalue weighted by Crippen LogP contribution is 2.07. The third-order valence-corrected chi connectivity index (χ3v) is 4.16. The highest BCUT2D eigenvalue weighted by molar-refractivity contribution is 7.89. The molecular formula is C14H18N4O2S. The second kappa shape index (κ2) is 6.75. The molecule has 0 unspecified atom stereocenters. The molecule has 0 bridgehead atoms. The van der Waals surface area contributed by atoms with E-state index < -0.39 is 10.0 Å². The topological polar surface area (TPSA) is 84.0 Å². The summed E-state index contributed by atoms with van der Waals surface area (Å²) in [6.45, 7) is 2.65.